The molecule has 0 bridgehead atoms. The molecule has 0 saturated carbocycles. The first-order valence-corrected chi connectivity index (χ1v) is 5.62. The van der Waals surface area contributed by atoms with Crippen LogP contribution in [0.2, 0.25) is 0 Å². The summed E-state index contributed by atoms with van der Waals surface area (Å²) in [6, 6.07) is 3.80. The number of aryl methyl sites for hydroxylation is 1. The van der Waals surface area contributed by atoms with E-state index < -0.39 is 6.10 Å². The first kappa shape index (κ1) is 12.5. The number of aliphatic hydroxyl groups is 1. The van der Waals surface area contributed by atoms with Crippen LogP contribution in [-0.4, -0.2) is 18.8 Å². The molecule has 84 valence electrons. The van der Waals surface area contributed by atoms with E-state index in [0.29, 0.717) is 13.0 Å². The number of ether oxygens (including phenoxy) is 1. The highest BCUT2D eigenvalue weighted by Crippen LogP contribution is 2.35. The van der Waals surface area contributed by atoms with Crippen LogP contribution in [-0.2, 0) is 0 Å². The van der Waals surface area contributed by atoms with E-state index in [9.17, 15) is 5.11 Å². The molecule has 1 aromatic rings. The fourth-order valence-electron chi connectivity index (χ4n) is 1.54. The lowest BCUT2D eigenvalue weighted by Crippen LogP contribution is -2.09. The molecule has 0 spiro atoms. The highest BCUT2D eigenvalue weighted by molar-refractivity contribution is 9.10. The fraction of sp³-hybridized carbons (Fsp3) is 0.455. The van der Waals surface area contributed by atoms with Crippen LogP contribution in [0.25, 0.3) is 0 Å². The third-order valence-corrected chi connectivity index (χ3v) is 3.17. The van der Waals surface area contributed by atoms with E-state index in [0.717, 1.165) is 21.3 Å². The van der Waals surface area contributed by atoms with Crippen LogP contribution in [0.15, 0.2) is 16.6 Å². The van der Waals surface area contributed by atoms with Crippen molar-refractivity contribution in [3.8, 4) is 5.75 Å². The van der Waals surface area contributed by atoms with Crippen molar-refractivity contribution in [2.24, 2.45) is 5.73 Å². The van der Waals surface area contributed by atoms with Crippen molar-refractivity contribution in [1.29, 1.82) is 0 Å². The predicted molar refractivity (Wildman–Crippen MR) is 64.1 cm³/mol. The van der Waals surface area contributed by atoms with Crippen molar-refractivity contribution in [2.75, 3.05) is 13.7 Å². The van der Waals surface area contributed by atoms with Crippen LogP contribution >= 0.6 is 15.9 Å². The molecule has 1 unspecified atom stereocenters. The first-order chi connectivity index (χ1) is 7.11. The highest BCUT2D eigenvalue weighted by Gasteiger charge is 2.16. The molecule has 0 aliphatic carbocycles. The second-order valence-electron chi connectivity index (χ2n) is 3.41. The van der Waals surface area contributed by atoms with Gasteiger partial charge >= 0.3 is 0 Å². The van der Waals surface area contributed by atoms with Crippen molar-refractivity contribution in [3.05, 3.63) is 27.7 Å². The fourth-order valence-corrected chi connectivity index (χ4v) is 2.41. The molecule has 0 fully saturated rings. The molecule has 0 aromatic heterocycles. The Labute approximate surface area is 98.4 Å². The number of methoxy groups -OCH3 is 1. The summed E-state index contributed by atoms with van der Waals surface area (Å²) < 4.78 is 5.99. The van der Waals surface area contributed by atoms with Gasteiger partial charge in [0.15, 0.2) is 0 Å². The van der Waals surface area contributed by atoms with Gasteiger partial charge in [0, 0.05) is 5.56 Å². The molecule has 3 nitrogen and oxygen atoms in total. The van der Waals surface area contributed by atoms with Crippen LogP contribution < -0.4 is 10.5 Å². The Balaban J connectivity index is 3.14. The third kappa shape index (κ3) is 2.71. The third-order valence-electron chi connectivity index (χ3n) is 2.36. The van der Waals surface area contributed by atoms with Crippen molar-refractivity contribution < 1.29 is 9.84 Å². The van der Waals surface area contributed by atoms with E-state index in [1.807, 2.05) is 19.1 Å². The molecule has 15 heavy (non-hydrogen) atoms. The number of halogens is 1. The largest absolute Gasteiger partial charge is 0.496 e. The van der Waals surface area contributed by atoms with Crippen LogP contribution in [0.5, 0.6) is 5.75 Å². The number of hydrogen-bond donors (Lipinski definition) is 2. The van der Waals surface area contributed by atoms with E-state index in [-0.39, 0.29) is 0 Å². The molecular formula is C11H16BrNO2. The average Bonchev–Trinajstić information content (AvgIpc) is 2.18. The zero-order chi connectivity index (χ0) is 11.4. The molecule has 0 radical (unpaired) electrons. The molecule has 0 aliphatic rings. The smallest absolute Gasteiger partial charge is 0.133 e. The molecule has 3 N–H and O–H groups in total. The molecule has 0 saturated heterocycles. The quantitative estimate of drug-likeness (QED) is 0.884. The minimum absolute atomic E-state index is 0.463. The Hall–Kier alpha value is -0.580. The summed E-state index contributed by atoms with van der Waals surface area (Å²) >= 11 is 3.44. The van der Waals surface area contributed by atoms with Gasteiger partial charge in [-0.15, -0.1) is 0 Å². The van der Waals surface area contributed by atoms with Crippen LogP contribution in [0.4, 0.5) is 0 Å². The monoisotopic (exact) mass is 273 g/mol. The number of aliphatic hydroxyl groups excluding tert-OH is 1. The molecule has 4 heteroatoms. The first-order valence-electron chi connectivity index (χ1n) is 4.83. The number of nitrogens with two attached hydrogens (primary N) is 1. The van der Waals surface area contributed by atoms with Crippen molar-refractivity contribution in [1.82, 2.24) is 0 Å². The zero-order valence-electron chi connectivity index (χ0n) is 8.96. The summed E-state index contributed by atoms with van der Waals surface area (Å²) in [6.45, 7) is 2.42. The van der Waals surface area contributed by atoms with Gasteiger partial charge < -0.3 is 15.6 Å². The summed E-state index contributed by atoms with van der Waals surface area (Å²) in [6.07, 6.45) is 0.00607. The Morgan fingerprint density at radius 3 is 2.73 bits per heavy atom. The van der Waals surface area contributed by atoms with Gasteiger partial charge in [-0.05, 0) is 47.4 Å². The summed E-state index contributed by atoms with van der Waals surface area (Å²) in [7, 11) is 1.61. The van der Waals surface area contributed by atoms with E-state index in [1.165, 1.54) is 0 Å². The maximum atomic E-state index is 9.94. The van der Waals surface area contributed by atoms with E-state index in [1.54, 1.807) is 7.11 Å². The molecule has 1 atom stereocenters. The Kier molecular flexibility index (Phi) is 4.57. The number of hydrogen-bond acceptors (Lipinski definition) is 3. The SMILES string of the molecule is COc1ccc(C)c(C(O)CCN)c1Br. The second-order valence-corrected chi connectivity index (χ2v) is 4.20. The summed E-state index contributed by atoms with van der Waals surface area (Å²) in [5.41, 5.74) is 7.32. The highest BCUT2D eigenvalue weighted by atomic mass is 79.9. The van der Waals surface area contributed by atoms with Crippen molar-refractivity contribution >= 4 is 15.9 Å². The van der Waals surface area contributed by atoms with Crippen LogP contribution in [0.3, 0.4) is 0 Å². The molecule has 1 aromatic carbocycles. The van der Waals surface area contributed by atoms with Gasteiger partial charge in [-0.2, -0.15) is 0 Å². The van der Waals surface area contributed by atoms with Crippen LogP contribution in [0.1, 0.15) is 23.7 Å². The lowest BCUT2D eigenvalue weighted by molar-refractivity contribution is 0.168. The van der Waals surface area contributed by atoms with Gasteiger partial charge in [0.05, 0.1) is 17.7 Å². The molecule has 1 rings (SSSR count). The Morgan fingerprint density at radius 1 is 1.53 bits per heavy atom. The van der Waals surface area contributed by atoms with Crippen molar-refractivity contribution in [2.45, 2.75) is 19.4 Å². The Bertz CT molecular complexity index is 342. The van der Waals surface area contributed by atoms with Gasteiger partial charge in [-0.25, -0.2) is 0 Å². The molecule has 0 amide bonds. The standard InChI is InChI=1S/C11H16BrNO2/c1-7-3-4-9(15-2)11(12)10(7)8(14)5-6-13/h3-4,8,14H,5-6,13H2,1-2H3. The summed E-state index contributed by atoms with van der Waals surface area (Å²) in [4.78, 5) is 0. The van der Waals surface area contributed by atoms with E-state index in [2.05, 4.69) is 15.9 Å². The predicted octanol–water partition coefficient (Wildman–Crippen LogP) is 2.15. The average molecular weight is 274 g/mol. The number of benzene rings is 1. The Morgan fingerprint density at radius 2 is 2.20 bits per heavy atom. The van der Waals surface area contributed by atoms with Gasteiger partial charge in [-0.3, -0.25) is 0 Å². The normalized spacial score (nSPS) is 12.6. The topological polar surface area (TPSA) is 55.5 Å². The lowest BCUT2D eigenvalue weighted by atomic mass is 10.0. The molecule has 0 aliphatic heterocycles. The van der Waals surface area contributed by atoms with Gasteiger partial charge in [-0.1, -0.05) is 6.07 Å². The zero-order valence-corrected chi connectivity index (χ0v) is 10.5. The van der Waals surface area contributed by atoms with E-state index in [4.69, 9.17) is 10.5 Å². The van der Waals surface area contributed by atoms with Gasteiger partial charge in [0.2, 0.25) is 0 Å². The second kappa shape index (κ2) is 5.49. The summed E-state index contributed by atoms with van der Waals surface area (Å²) in [5, 5.41) is 9.94. The minimum Gasteiger partial charge on any atom is -0.496 e. The van der Waals surface area contributed by atoms with Gasteiger partial charge in [0.25, 0.3) is 0 Å². The summed E-state index contributed by atoms with van der Waals surface area (Å²) in [5.74, 6) is 0.728. The maximum Gasteiger partial charge on any atom is 0.133 e. The lowest BCUT2D eigenvalue weighted by Gasteiger charge is -2.16. The minimum atomic E-state index is -0.542. The molecule has 0 heterocycles. The number of rotatable bonds is 4. The molecular weight excluding hydrogens is 258 g/mol. The van der Waals surface area contributed by atoms with E-state index >= 15 is 0 Å². The van der Waals surface area contributed by atoms with Gasteiger partial charge in [0.1, 0.15) is 5.75 Å². The van der Waals surface area contributed by atoms with Crippen LogP contribution in [0, 0.1) is 6.92 Å². The maximum absolute atomic E-state index is 9.94. The van der Waals surface area contributed by atoms with Crippen molar-refractivity contribution in [3.63, 3.8) is 0 Å².